The number of benzene rings is 2. The summed E-state index contributed by atoms with van der Waals surface area (Å²) in [4.78, 5) is 23.7. The molecular weight excluding hydrogens is 360 g/mol. The summed E-state index contributed by atoms with van der Waals surface area (Å²) in [5.41, 5.74) is 2.48. The SMILES string of the molecule is COc1cc(NC(=O)Nc2ccc(-c3ccc(=O)n(C)n3)cc2)cc(OC)c1. The van der Waals surface area contributed by atoms with Crippen LogP contribution in [0.1, 0.15) is 0 Å². The van der Waals surface area contributed by atoms with Gasteiger partial charge in [0.05, 0.1) is 19.9 Å². The maximum absolute atomic E-state index is 12.3. The van der Waals surface area contributed by atoms with Gasteiger partial charge in [0, 0.05) is 48.3 Å². The van der Waals surface area contributed by atoms with Crippen molar-refractivity contribution in [3.63, 3.8) is 0 Å². The van der Waals surface area contributed by atoms with Gasteiger partial charge in [-0.2, -0.15) is 5.10 Å². The second-order valence-electron chi connectivity index (χ2n) is 5.94. The molecule has 0 saturated heterocycles. The zero-order valence-electron chi connectivity index (χ0n) is 15.7. The third-order valence-electron chi connectivity index (χ3n) is 4.01. The van der Waals surface area contributed by atoms with Crippen LogP contribution in [-0.4, -0.2) is 30.0 Å². The van der Waals surface area contributed by atoms with Crippen molar-refractivity contribution in [2.45, 2.75) is 0 Å². The van der Waals surface area contributed by atoms with Gasteiger partial charge in [-0.1, -0.05) is 12.1 Å². The minimum atomic E-state index is -0.400. The summed E-state index contributed by atoms with van der Waals surface area (Å²) in [6.45, 7) is 0. The fraction of sp³-hybridized carbons (Fsp3) is 0.150. The quantitative estimate of drug-likeness (QED) is 0.709. The van der Waals surface area contributed by atoms with Crippen LogP contribution < -0.4 is 25.7 Å². The number of nitrogens with zero attached hydrogens (tertiary/aromatic N) is 2. The smallest absolute Gasteiger partial charge is 0.323 e. The molecule has 0 aliphatic rings. The number of amides is 2. The number of rotatable bonds is 5. The molecule has 28 heavy (non-hydrogen) atoms. The van der Waals surface area contributed by atoms with Crippen molar-refractivity contribution in [2.24, 2.45) is 7.05 Å². The lowest BCUT2D eigenvalue weighted by molar-refractivity contribution is 0.262. The second kappa shape index (κ2) is 8.26. The number of aromatic nitrogens is 2. The first-order valence-electron chi connectivity index (χ1n) is 8.44. The van der Waals surface area contributed by atoms with E-state index in [2.05, 4.69) is 15.7 Å². The third-order valence-corrected chi connectivity index (χ3v) is 4.01. The average molecular weight is 380 g/mol. The molecule has 3 aromatic rings. The highest BCUT2D eigenvalue weighted by Crippen LogP contribution is 2.26. The normalized spacial score (nSPS) is 10.2. The summed E-state index contributed by atoms with van der Waals surface area (Å²) >= 11 is 0. The van der Waals surface area contributed by atoms with E-state index in [-0.39, 0.29) is 5.56 Å². The van der Waals surface area contributed by atoms with Crippen LogP contribution in [0, 0.1) is 0 Å². The molecule has 3 rings (SSSR count). The molecule has 8 heteroatoms. The average Bonchev–Trinajstić information content (AvgIpc) is 2.70. The van der Waals surface area contributed by atoms with Gasteiger partial charge in [0.25, 0.3) is 5.56 Å². The van der Waals surface area contributed by atoms with Crippen LogP contribution in [0.5, 0.6) is 11.5 Å². The van der Waals surface area contributed by atoms with Gasteiger partial charge in [0.15, 0.2) is 0 Å². The molecule has 0 bridgehead atoms. The molecule has 8 nitrogen and oxygen atoms in total. The lowest BCUT2D eigenvalue weighted by atomic mass is 10.1. The van der Waals surface area contributed by atoms with Crippen molar-refractivity contribution >= 4 is 17.4 Å². The number of urea groups is 1. The van der Waals surface area contributed by atoms with Gasteiger partial charge in [-0.05, 0) is 18.2 Å². The molecule has 144 valence electrons. The van der Waals surface area contributed by atoms with Crippen molar-refractivity contribution in [3.05, 3.63) is 65.0 Å². The summed E-state index contributed by atoms with van der Waals surface area (Å²) in [5.74, 6) is 1.15. The largest absolute Gasteiger partial charge is 0.497 e. The van der Waals surface area contributed by atoms with Crippen LogP contribution in [0.2, 0.25) is 0 Å². The van der Waals surface area contributed by atoms with Crippen LogP contribution in [0.25, 0.3) is 11.3 Å². The predicted octanol–water partition coefficient (Wildman–Crippen LogP) is 3.11. The highest BCUT2D eigenvalue weighted by Gasteiger charge is 2.07. The van der Waals surface area contributed by atoms with E-state index in [1.54, 1.807) is 57.7 Å². The fourth-order valence-electron chi connectivity index (χ4n) is 2.55. The monoisotopic (exact) mass is 380 g/mol. The molecule has 0 saturated carbocycles. The Morgan fingerprint density at radius 2 is 1.50 bits per heavy atom. The summed E-state index contributed by atoms with van der Waals surface area (Å²) < 4.78 is 11.7. The number of hydrogen-bond donors (Lipinski definition) is 2. The number of carbonyl (C=O) groups excluding carboxylic acids is 1. The number of ether oxygens (including phenoxy) is 2. The Kier molecular flexibility index (Phi) is 5.59. The highest BCUT2D eigenvalue weighted by molar-refractivity contribution is 6.00. The van der Waals surface area contributed by atoms with Crippen LogP contribution in [0.3, 0.4) is 0 Å². The number of hydrogen-bond acceptors (Lipinski definition) is 5. The molecule has 0 unspecified atom stereocenters. The van der Waals surface area contributed by atoms with Gasteiger partial charge < -0.3 is 20.1 Å². The lowest BCUT2D eigenvalue weighted by Crippen LogP contribution is -2.19. The molecule has 0 atom stereocenters. The Hall–Kier alpha value is -3.81. The molecule has 1 heterocycles. The minimum absolute atomic E-state index is 0.173. The summed E-state index contributed by atoms with van der Waals surface area (Å²) in [5, 5.41) is 9.70. The maximum Gasteiger partial charge on any atom is 0.323 e. The Balaban J connectivity index is 1.69. The lowest BCUT2D eigenvalue weighted by Gasteiger charge is -2.11. The van der Waals surface area contributed by atoms with Crippen molar-refractivity contribution in [3.8, 4) is 22.8 Å². The second-order valence-corrected chi connectivity index (χ2v) is 5.94. The van der Waals surface area contributed by atoms with Crippen LogP contribution in [0.15, 0.2) is 59.4 Å². The Labute approximate surface area is 161 Å². The zero-order chi connectivity index (χ0) is 20.1. The van der Waals surface area contributed by atoms with Gasteiger partial charge in [0.1, 0.15) is 11.5 Å². The molecule has 2 aromatic carbocycles. The molecule has 0 aliphatic carbocycles. The van der Waals surface area contributed by atoms with Gasteiger partial charge in [-0.25, -0.2) is 9.48 Å². The molecule has 1 aromatic heterocycles. The number of methoxy groups -OCH3 is 2. The molecule has 0 radical (unpaired) electrons. The van der Waals surface area contributed by atoms with Gasteiger partial charge in [-0.15, -0.1) is 0 Å². The summed E-state index contributed by atoms with van der Waals surface area (Å²) in [6.07, 6.45) is 0. The number of nitrogens with one attached hydrogen (secondary N) is 2. The van der Waals surface area contributed by atoms with E-state index in [9.17, 15) is 9.59 Å². The zero-order valence-corrected chi connectivity index (χ0v) is 15.7. The van der Waals surface area contributed by atoms with Crippen molar-refractivity contribution < 1.29 is 14.3 Å². The Morgan fingerprint density at radius 3 is 2.07 bits per heavy atom. The first kappa shape index (κ1) is 19.0. The van der Waals surface area contributed by atoms with E-state index in [1.807, 2.05) is 12.1 Å². The topological polar surface area (TPSA) is 94.5 Å². The molecule has 0 spiro atoms. The number of carbonyl (C=O) groups is 1. The fourth-order valence-corrected chi connectivity index (χ4v) is 2.55. The highest BCUT2D eigenvalue weighted by atomic mass is 16.5. The first-order valence-corrected chi connectivity index (χ1v) is 8.44. The van der Waals surface area contributed by atoms with E-state index in [0.717, 1.165) is 5.56 Å². The van der Waals surface area contributed by atoms with E-state index < -0.39 is 6.03 Å². The van der Waals surface area contributed by atoms with Crippen molar-refractivity contribution in [1.82, 2.24) is 9.78 Å². The van der Waals surface area contributed by atoms with Crippen LogP contribution >= 0.6 is 0 Å². The molecule has 0 fully saturated rings. The Bertz CT molecular complexity index is 1020. The molecular formula is C20H20N4O4. The van der Waals surface area contributed by atoms with Crippen molar-refractivity contribution in [2.75, 3.05) is 24.9 Å². The van der Waals surface area contributed by atoms with Gasteiger partial charge in [-0.3, -0.25) is 4.79 Å². The molecule has 2 amide bonds. The standard InChI is InChI=1S/C20H20N4O4/c1-24-19(25)9-8-18(23-24)13-4-6-14(7-5-13)21-20(26)22-15-10-16(27-2)12-17(11-15)28-3/h4-12H,1-3H3,(H2,21,22,26). The maximum atomic E-state index is 12.3. The Morgan fingerprint density at radius 1 is 0.893 bits per heavy atom. The van der Waals surface area contributed by atoms with E-state index in [0.29, 0.717) is 28.6 Å². The van der Waals surface area contributed by atoms with Gasteiger partial charge in [0.2, 0.25) is 0 Å². The number of anilines is 2. The molecule has 2 N–H and O–H groups in total. The third kappa shape index (κ3) is 4.47. The number of aryl methyl sites for hydroxylation is 1. The van der Waals surface area contributed by atoms with E-state index >= 15 is 0 Å². The summed E-state index contributed by atoms with van der Waals surface area (Å²) in [7, 11) is 4.68. The van der Waals surface area contributed by atoms with Crippen LogP contribution in [0.4, 0.5) is 16.2 Å². The predicted molar refractivity (Wildman–Crippen MR) is 107 cm³/mol. The van der Waals surface area contributed by atoms with E-state index in [4.69, 9.17) is 9.47 Å². The van der Waals surface area contributed by atoms with Crippen LogP contribution in [-0.2, 0) is 7.05 Å². The van der Waals surface area contributed by atoms with E-state index in [1.165, 1.54) is 10.7 Å². The van der Waals surface area contributed by atoms with Gasteiger partial charge >= 0.3 is 6.03 Å². The van der Waals surface area contributed by atoms with Crippen molar-refractivity contribution in [1.29, 1.82) is 0 Å². The summed E-state index contributed by atoms with van der Waals surface area (Å²) in [6, 6.07) is 15.0. The first-order chi connectivity index (χ1) is 13.5. The minimum Gasteiger partial charge on any atom is -0.497 e. The molecule has 0 aliphatic heterocycles.